The maximum absolute atomic E-state index is 8.79. The summed E-state index contributed by atoms with van der Waals surface area (Å²) in [6, 6.07) is 5.99. The fourth-order valence-electron chi connectivity index (χ4n) is 1.28. The van der Waals surface area contributed by atoms with Gasteiger partial charge >= 0.3 is 0 Å². The zero-order chi connectivity index (χ0) is 9.42. The van der Waals surface area contributed by atoms with Gasteiger partial charge in [0.1, 0.15) is 6.07 Å². The largest absolute Gasteiger partial charge is 0.192 e. The second kappa shape index (κ2) is 3.06. The van der Waals surface area contributed by atoms with Gasteiger partial charge in [-0.15, -0.1) is 24.0 Å². The summed E-state index contributed by atoms with van der Waals surface area (Å²) >= 11 is 5.93. The lowest BCUT2D eigenvalue weighted by molar-refractivity contribution is 1.40. The van der Waals surface area contributed by atoms with E-state index in [-0.39, 0.29) is 0 Å². The fourth-order valence-corrected chi connectivity index (χ4v) is 2.49. The van der Waals surface area contributed by atoms with Crippen LogP contribution >= 0.6 is 24.0 Å². The van der Waals surface area contributed by atoms with Crippen LogP contribution < -0.4 is 0 Å². The molecule has 0 unspecified atom stereocenters. The Morgan fingerprint density at radius 3 is 2.92 bits per heavy atom. The summed E-state index contributed by atoms with van der Waals surface area (Å²) in [5.74, 6) is 0. The molecule has 0 aliphatic heterocycles. The monoisotopic (exact) mass is 205 g/mol. The number of thiophene rings is 1. The number of nitrogens with zero attached hydrogens (tertiary/aromatic N) is 1. The summed E-state index contributed by atoms with van der Waals surface area (Å²) in [5, 5.41) is 12.1. The average molecular weight is 205 g/mol. The van der Waals surface area contributed by atoms with E-state index < -0.39 is 0 Å². The molecule has 0 atom stereocenters. The van der Waals surface area contributed by atoms with Crippen molar-refractivity contribution < 1.29 is 0 Å². The number of hydrogen-bond acceptors (Lipinski definition) is 3. The third-order valence-corrected chi connectivity index (χ3v) is 3.44. The van der Waals surface area contributed by atoms with Crippen molar-refractivity contribution in [3.05, 3.63) is 28.6 Å². The number of rotatable bonds is 0. The second-order valence-electron chi connectivity index (χ2n) is 2.90. The van der Waals surface area contributed by atoms with Gasteiger partial charge in [0.05, 0.1) is 5.56 Å². The molecule has 1 heterocycles. The standard InChI is InChI=1S/C10H7NS2/c1-6-5-13-10-2-7(4-11)9(12)3-8(6)10/h2-3,5,12H,1H3. The van der Waals surface area contributed by atoms with Crippen molar-refractivity contribution in [2.24, 2.45) is 0 Å². The Labute approximate surface area is 86.0 Å². The molecule has 3 heteroatoms. The maximum atomic E-state index is 8.79. The third kappa shape index (κ3) is 1.32. The van der Waals surface area contributed by atoms with Crippen molar-refractivity contribution in [2.45, 2.75) is 11.8 Å². The summed E-state index contributed by atoms with van der Waals surface area (Å²) in [7, 11) is 0. The Bertz CT molecular complexity index is 505. The number of thiol groups is 1. The highest BCUT2D eigenvalue weighted by atomic mass is 32.1. The van der Waals surface area contributed by atoms with Crippen LogP contribution in [0.4, 0.5) is 0 Å². The summed E-state index contributed by atoms with van der Waals surface area (Å²) < 4.78 is 1.16. The molecule has 0 aliphatic carbocycles. The van der Waals surface area contributed by atoms with E-state index in [1.807, 2.05) is 12.1 Å². The molecule has 0 saturated heterocycles. The van der Waals surface area contributed by atoms with E-state index in [4.69, 9.17) is 5.26 Å². The first-order valence-electron chi connectivity index (χ1n) is 3.83. The molecule has 0 amide bonds. The van der Waals surface area contributed by atoms with E-state index in [2.05, 4.69) is 31.0 Å². The highest BCUT2D eigenvalue weighted by Gasteiger charge is 2.04. The summed E-state index contributed by atoms with van der Waals surface area (Å²) in [6.07, 6.45) is 0. The molecule has 2 rings (SSSR count). The molecule has 64 valence electrons. The Hall–Kier alpha value is -0.980. The Morgan fingerprint density at radius 2 is 2.23 bits per heavy atom. The normalized spacial score (nSPS) is 10.2. The van der Waals surface area contributed by atoms with Gasteiger partial charge in [-0.3, -0.25) is 0 Å². The molecule has 0 bridgehead atoms. The Balaban J connectivity index is 2.85. The summed E-state index contributed by atoms with van der Waals surface area (Å²) in [4.78, 5) is 0.761. The van der Waals surface area contributed by atoms with Crippen LogP contribution in [0.3, 0.4) is 0 Å². The Kier molecular flexibility index (Phi) is 2.03. The van der Waals surface area contributed by atoms with E-state index >= 15 is 0 Å². The highest BCUT2D eigenvalue weighted by molar-refractivity contribution is 7.80. The molecule has 0 saturated carbocycles. The molecule has 1 aromatic heterocycles. The zero-order valence-electron chi connectivity index (χ0n) is 7.03. The SMILES string of the molecule is Cc1csc2cc(C#N)c(S)cc12. The van der Waals surface area contributed by atoms with Gasteiger partial charge in [0.2, 0.25) is 0 Å². The number of hydrogen-bond donors (Lipinski definition) is 1. The smallest absolute Gasteiger partial charge is 0.100 e. The number of fused-ring (bicyclic) bond motifs is 1. The maximum Gasteiger partial charge on any atom is 0.100 e. The van der Waals surface area contributed by atoms with Crippen LogP contribution in [0.1, 0.15) is 11.1 Å². The lowest BCUT2D eigenvalue weighted by Gasteiger charge is -1.96. The topological polar surface area (TPSA) is 23.8 Å². The summed E-state index contributed by atoms with van der Waals surface area (Å²) in [5.41, 5.74) is 1.90. The van der Waals surface area contributed by atoms with E-state index in [1.54, 1.807) is 11.3 Å². The first-order valence-corrected chi connectivity index (χ1v) is 5.16. The van der Waals surface area contributed by atoms with Crippen molar-refractivity contribution in [3.63, 3.8) is 0 Å². The fraction of sp³-hybridized carbons (Fsp3) is 0.100. The second-order valence-corrected chi connectivity index (χ2v) is 4.29. The van der Waals surface area contributed by atoms with Crippen LogP contribution in [0, 0.1) is 18.3 Å². The van der Waals surface area contributed by atoms with Gasteiger partial charge in [0.25, 0.3) is 0 Å². The molecule has 1 aromatic carbocycles. The predicted molar refractivity (Wildman–Crippen MR) is 58.5 cm³/mol. The molecule has 0 radical (unpaired) electrons. The zero-order valence-corrected chi connectivity index (χ0v) is 8.75. The average Bonchev–Trinajstić information content (AvgIpc) is 2.47. The molecule has 0 N–H and O–H groups in total. The molecule has 1 nitrogen and oxygen atoms in total. The van der Waals surface area contributed by atoms with Crippen molar-refractivity contribution in [1.29, 1.82) is 5.26 Å². The molecule has 0 aliphatic rings. The predicted octanol–water partition coefficient (Wildman–Crippen LogP) is 3.37. The van der Waals surface area contributed by atoms with Gasteiger partial charge in [0.15, 0.2) is 0 Å². The van der Waals surface area contributed by atoms with Crippen molar-refractivity contribution in [3.8, 4) is 6.07 Å². The van der Waals surface area contributed by atoms with Gasteiger partial charge in [-0.05, 0) is 35.4 Å². The first-order chi connectivity index (χ1) is 6.22. The van der Waals surface area contributed by atoms with E-state index in [0.29, 0.717) is 5.56 Å². The van der Waals surface area contributed by atoms with Gasteiger partial charge in [-0.2, -0.15) is 5.26 Å². The van der Waals surface area contributed by atoms with Crippen molar-refractivity contribution in [2.75, 3.05) is 0 Å². The van der Waals surface area contributed by atoms with Crippen LogP contribution in [-0.4, -0.2) is 0 Å². The minimum Gasteiger partial charge on any atom is -0.192 e. The van der Waals surface area contributed by atoms with E-state index in [1.165, 1.54) is 10.9 Å². The van der Waals surface area contributed by atoms with Gasteiger partial charge in [-0.25, -0.2) is 0 Å². The van der Waals surface area contributed by atoms with Crippen LogP contribution in [0.15, 0.2) is 22.4 Å². The van der Waals surface area contributed by atoms with Crippen LogP contribution in [0.25, 0.3) is 10.1 Å². The minimum atomic E-state index is 0.651. The number of benzene rings is 1. The summed E-state index contributed by atoms with van der Waals surface area (Å²) in [6.45, 7) is 2.07. The molecule has 13 heavy (non-hydrogen) atoms. The number of aryl methyl sites for hydroxylation is 1. The lowest BCUT2D eigenvalue weighted by Crippen LogP contribution is -1.77. The van der Waals surface area contributed by atoms with Gasteiger partial charge < -0.3 is 0 Å². The van der Waals surface area contributed by atoms with Crippen molar-refractivity contribution >= 4 is 34.1 Å². The van der Waals surface area contributed by atoms with E-state index in [9.17, 15) is 0 Å². The first kappa shape index (κ1) is 8.61. The Morgan fingerprint density at radius 1 is 1.46 bits per heavy atom. The van der Waals surface area contributed by atoms with Crippen LogP contribution in [0.2, 0.25) is 0 Å². The van der Waals surface area contributed by atoms with Gasteiger partial charge in [0, 0.05) is 9.60 Å². The lowest BCUT2D eigenvalue weighted by atomic mass is 10.1. The molecular weight excluding hydrogens is 198 g/mol. The number of nitriles is 1. The molecule has 2 aromatic rings. The minimum absolute atomic E-state index is 0.651. The molecule has 0 spiro atoms. The van der Waals surface area contributed by atoms with Gasteiger partial charge in [-0.1, -0.05) is 0 Å². The van der Waals surface area contributed by atoms with Crippen molar-refractivity contribution in [1.82, 2.24) is 0 Å². The molecular formula is C10H7NS2. The quantitative estimate of drug-likeness (QED) is 0.655. The van der Waals surface area contributed by atoms with Crippen LogP contribution in [-0.2, 0) is 0 Å². The van der Waals surface area contributed by atoms with E-state index in [0.717, 1.165) is 9.60 Å². The third-order valence-electron chi connectivity index (χ3n) is 2.01. The van der Waals surface area contributed by atoms with Crippen LogP contribution in [0.5, 0.6) is 0 Å². The highest BCUT2D eigenvalue weighted by Crippen LogP contribution is 2.29. The molecule has 0 fully saturated rings.